The van der Waals surface area contributed by atoms with Crippen molar-refractivity contribution in [1.29, 1.82) is 0 Å². The SMILES string of the molecule is CCN(CC)CCNC(=O)c1ccc(C(=O)N[C@@H](CC(C)C)C(=O)[O-])cc1.[Li+]. The van der Waals surface area contributed by atoms with Gasteiger partial charge in [0.05, 0.1) is 12.0 Å². The normalized spacial score (nSPS) is 11.6. The molecule has 0 radical (unpaired) electrons. The first-order chi connectivity index (χ1) is 12.8. The maximum Gasteiger partial charge on any atom is 1.00 e. The second kappa shape index (κ2) is 13.4. The molecule has 0 saturated heterocycles. The predicted molar refractivity (Wildman–Crippen MR) is 102 cm³/mol. The first kappa shape index (κ1) is 26.2. The number of aliphatic carboxylic acids is 1. The molecule has 1 aromatic carbocycles. The molecule has 150 valence electrons. The Morgan fingerprint density at radius 3 is 1.93 bits per heavy atom. The molecule has 0 fully saturated rings. The van der Waals surface area contributed by atoms with Crippen LogP contribution in [0.15, 0.2) is 24.3 Å². The van der Waals surface area contributed by atoms with Crippen molar-refractivity contribution in [3.05, 3.63) is 35.4 Å². The number of carboxylic acid groups (broad SMARTS) is 1. The molecule has 0 unspecified atom stereocenters. The summed E-state index contributed by atoms with van der Waals surface area (Å²) < 4.78 is 0. The van der Waals surface area contributed by atoms with Gasteiger partial charge in [0.25, 0.3) is 11.8 Å². The van der Waals surface area contributed by atoms with E-state index in [1.54, 1.807) is 12.1 Å². The monoisotopic (exact) mass is 383 g/mol. The van der Waals surface area contributed by atoms with Crippen molar-refractivity contribution in [3.8, 4) is 0 Å². The number of carbonyl (C=O) groups is 3. The second-order valence-corrected chi connectivity index (χ2v) is 6.83. The van der Waals surface area contributed by atoms with E-state index >= 15 is 0 Å². The van der Waals surface area contributed by atoms with Crippen molar-refractivity contribution < 1.29 is 38.4 Å². The number of hydrogen-bond acceptors (Lipinski definition) is 5. The minimum absolute atomic E-state index is 0. The van der Waals surface area contributed by atoms with Crippen molar-refractivity contribution >= 4 is 17.8 Å². The zero-order valence-corrected chi connectivity index (χ0v) is 17.6. The number of rotatable bonds is 11. The van der Waals surface area contributed by atoms with Crippen molar-refractivity contribution in [3.63, 3.8) is 0 Å². The summed E-state index contributed by atoms with van der Waals surface area (Å²) in [5.74, 6) is -1.91. The van der Waals surface area contributed by atoms with Gasteiger partial charge in [-0.25, -0.2) is 0 Å². The molecule has 0 aliphatic heterocycles. The van der Waals surface area contributed by atoms with Crippen LogP contribution in [0.5, 0.6) is 0 Å². The van der Waals surface area contributed by atoms with Gasteiger partial charge in [-0.15, -0.1) is 0 Å². The number of benzene rings is 1. The van der Waals surface area contributed by atoms with Crippen molar-refractivity contribution in [2.45, 2.75) is 40.2 Å². The Balaban J connectivity index is 0.00000729. The van der Waals surface area contributed by atoms with Crippen LogP contribution in [0.1, 0.15) is 54.8 Å². The van der Waals surface area contributed by atoms with Crippen molar-refractivity contribution in [2.24, 2.45) is 5.92 Å². The van der Waals surface area contributed by atoms with Gasteiger partial charge in [-0.05, 0) is 49.7 Å². The summed E-state index contributed by atoms with van der Waals surface area (Å²) >= 11 is 0. The second-order valence-electron chi connectivity index (χ2n) is 6.83. The van der Waals surface area contributed by atoms with Crippen LogP contribution >= 0.6 is 0 Å². The van der Waals surface area contributed by atoms with Crippen LogP contribution in [0.2, 0.25) is 0 Å². The third-order valence-electron chi connectivity index (χ3n) is 4.31. The largest absolute Gasteiger partial charge is 1.00 e. The Hall–Kier alpha value is -1.81. The standard InChI is InChI=1S/C20H31N3O4.Li/c1-5-23(6-2)12-11-21-18(24)15-7-9-16(10-8-15)19(25)22-17(20(26)27)13-14(3)4;/h7-10,14,17H,5-6,11-13H2,1-4H3,(H,21,24)(H,22,25)(H,26,27);/q;+1/p-1/t17-;/m0./s1. The fourth-order valence-electron chi connectivity index (χ4n) is 2.67. The minimum atomic E-state index is -1.30. The van der Waals surface area contributed by atoms with E-state index < -0.39 is 17.9 Å². The fourth-order valence-corrected chi connectivity index (χ4v) is 2.67. The van der Waals surface area contributed by atoms with E-state index in [4.69, 9.17) is 0 Å². The summed E-state index contributed by atoms with van der Waals surface area (Å²) in [7, 11) is 0. The van der Waals surface area contributed by atoms with Gasteiger partial charge in [0.2, 0.25) is 0 Å². The Kier molecular flexibility index (Phi) is 12.5. The summed E-state index contributed by atoms with van der Waals surface area (Å²) in [6.07, 6.45) is 0.293. The van der Waals surface area contributed by atoms with Crippen molar-refractivity contribution in [1.82, 2.24) is 15.5 Å². The molecule has 0 spiro atoms. The Labute approximate surface area is 179 Å². The van der Waals surface area contributed by atoms with Crippen molar-refractivity contribution in [2.75, 3.05) is 26.2 Å². The zero-order valence-electron chi connectivity index (χ0n) is 17.6. The molecule has 0 heterocycles. The van der Waals surface area contributed by atoms with Crippen LogP contribution in [0.3, 0.4) is 0 Å². The maximum absolute atomic E-state index is 12.2. The zero-order chi connectivity index (χ0) is 20.4. The molecule has 0 aliphatic carbocycles. The van der Waals surface area contributed by atoms with E-state index in [1.807, 2.05) is 13.8 Å². The van der Waals surface area contributed by atoms with Gasteiger partial charge in [-0.2, -0.15) is 0 Å². The van der Waals surface area contributed by atoms with Gasteiger partial charge >= 0.3 is 18.9 Å². The minimum Gasteiger partial charge on any atom is -0.548 e. The molecule has 0 saturated carbocycles. The van der Waals surface area contributed by atoms with Crippen LogP contribution < -0.4 is 34.6 Å². The van der Waals surface area contributed by atoms with Crippen LogP contribution in [0.4, 0.5) is 0 Å². The number of amides is 2. The summed E-state index contributed by atoms with van der Waals surface area (Å²) in [5, 5.41) is 16.5. The molecule has 1 atom stereocenters. The number of nitrogens with one attached hydrogen (secondary N) is 2. The topological polar surface area (TPSA) is 102 Å². The average Bonchev–Trinajstić information content (AvgIpc) is 2.64. The van der Waals surface area contributed by atoms with Gasteiger partial charge in [-0.3, -0.25) is 9.59 Å². The molecule has 0 bridgehead atoms. The van der Waals surface area contributed by atoms with Gasteiger partial charge < -0.3 is 25.4 Å². The van der Waals surface area contributed by atoms with Crippen LogP contribution in [-0.2, 0) is 4.79 Å². The molecule has 28 heavy (non-hydrogen) atoms. The number of hydrogen-bond donors (Lipinski definition) is 2. The molecule has 1 rings (SSSR count). The van der Waals surface area contributed by atoms with E-state index in [0.29, 0.717) is 24.1 Å². The summed E-state index contributed by atoms with van der Waals surface area (Å²) in [6.45, 7) is 11.1. The van der Waals surface area contributed by atoms with E-state index in [9.17, 15) is 19.5 Å². The van der Waals surface area contributed by atoms with Crippen LogP contribution in [0, 0.1) is 5.92 Å². The van der Waals surface area contributed by atoms with E-state index in [0.717, 1.165) is 19.6 Å². The molecule has 8 heteroatoms. The Bertz CT molecular complexity index is 631. The Morgan fingerprint density at radius 1 is 1.00 bits per heavy atom. The van der Waals surface area contributed by atoms with Crippen LogP contribution in [0.25, 0.3) is 0 Å². The molecule has 0 aromatic heterocycles. The van der Waals surface area contributed by atoms with Gasteiger partial charge in [0, 0.05) is 24.2 Å². The predicted octanol–water partition coefficient (Wildman–Crippen LogP) is -2.34. The van der Waals surface area contributed by atoms with Gasteiger partial charge in [-0.1, -0.05) is 27.7 Å². The van der Waals surface area contributed by atoms with E-state index in [2.05, 4.69) is 29.4 Å². The Morgan fingerprint density at radius 2 is 1.50 bits per heavy atom. The third-order valence-corrected chi connectivity index (χ3v) is 4.31. The summed E-state index contributed by atoms with van der Waals surface area (Å²) in [6, 6.07) is 5.09. The quantitative estimate of drug-likeness (QED) is 0.417. The molecule has 0 aliphatic rings. The number of likely N-dealkylation sites (N-methyl/N-ethyl adjacent to an activating group) is 1. The molecular weight excluding hydrogens is 353 g/mol. The molecule has 7 nitrogen and oxygen atoms in total. The molecule has 2 N–H and O–H groups in total. The van der Waals surface area contributed by atoms with E-state index in [-0.39, 0.29) is 30.7 Å². The third kappa shape index (κ3) is 8.92. The number of carbonyl (C=O) groups excluding carboxylic acids is 3. The summed E-state index contributed by atoms with van der Waals surface area (Å²) in [5.41, 5.74) is 0.745. The molecule has 2 amide bonds. The maximum atomic E-state index is 12.2. The first-order valence-corrected chi connectivity index (χ1v) is 9.40. The summed E-state index contributed by atoms with van der Waals surface area (Å²) in [4.78, 5) is 37.7. The van der Waals surface area contributed by atoms with Crippen LogP contribution in [-0.4, -0.2) is 54.9 Å². The molecule has 1 aromatic rings. The number of nitrogens with zero attached hydrogens (tertiary/aromatic N) is 1. The smallest absolute Gasteiger partial charge is 0.548 e. The van der Waals surface area contributed by atoms with E-state index in [1.165, 1.54) is 12.1 Å². The van der Waals surface area contributed by atoms with Gasteiger partial charge in [0.1, 0.15) is 0 Å². The molecular formula is C20H30LiN3O4. The number of carboxylic acids is 1. The first-order valence-electron chi connectivity index (χ1n) is 9.40. The average molecular weight is 383 g/mol. The fraction of sp³-hybridized carbons (Fsp3) is 0.550. The van der Waals surface area contributed by atoms with Gasteiger partial charge in [0.15, 0.2) is 0 Å².